The summed E-state index contributed by atoms with van der Waals surface area (Å²) in [5, 5.41) is 2.91. The van der Waals surface area contributed by atoms with Crippen LogP contribution in [0.25, 0.3) is 0 Å². The van der Waals surface area contributed by atoms with Gasteiger partial charge in [0, 0.05) is 22.7 Å². The maximum atomic E-state index is 11.8. The summed E-state index contributed by atoms with van der Waals surface area (Å²) in [4.78, 5) is 11.8. The van der Waals surface area contributed by atoms with Crippen LogP contribution in [0.5, 0.6) is 0 Å². The highest BCUT2D eigenvalue weighted by molar-refractivity contribution is 5.92. The lowest BCUT2D eigenvalue weighted by atomic mass is 10.1. The molecule has 2 heteroatoms. The van der Waals surface area contributed by atoms with Crippen molar-refractivity contribution in [2.24, 2.45) is 5.92 Å². The van der Waals surface area contributed by atoms with Crippen LogP contribution in [0.1, 0.15) is 37.0 Å². The molecule has 0 heterocycles. The van der Waals surface area contributed by atoms with Crippen molar-refractivity contribution in [2.75, 3.05) is 5.32 Å². The Kier molecular flexibility index (Phi) is 5.38. The minimum Gasteiger partial charge on any atom is -0.326 e. The lowest BCUT2D eigenvalue weighted by molar-refractivity contribution is -0.119. The van der Waals surface area contributed by atoms with Crippen molar-refractivity contribution in [1.82, 2.24) is 0 Å². The Morgan fingerprint density at radius 2 is 1.50 bits per heavy atom. The highest BCUT2D eigenvalue weighted by Gasteiger charge is 2.09. The summed E-state index contributed by atoms with van der Waals surface area (Å²) in [6.45, 7) is 5.99. The van der Waals surface area contributed by atoms with E-state index in [9.17, 15) is 4.79 Å². The first-order valence-electron chi connectivity index (χ1n) is 7.58. The van der Waals surface area contributed by atoms with Crippen LogP contribution < -0.4 is 5.32 Å². The summed E-state index contributed by atoms with van der Waals surface area (Å²) < 4.78 is 0. The van der Waals surface area contributed by atoms with E-state index in [2.05, 4.69) is 36.2 Å². The fourth-order valence-corrected chi connectivity index (χ4v) is 1.87. The standard InChI is InChI=1S/C20H21NO/c1-4-16(3)20(22)21-19-13-11-18(12-14-19)10-9-17-7-5-15(2)6-8-17/h5-8,11-14,16H,4H2,1-3H3,(H,21,22). The van der Waals surface area contributed by atoms with Gasteiger partial charge in [-0.2, -0.15) is 0 Å². The molecular weight excluding hydrogens is 270 g/mol. The van der Waals surface area contributed by atoms with Gasteiger partial charge in [-0.25, -0.2) is 0 Å². The molecule has 0 aliphatic heterocycles. The molecule has 0 aliphatic rings. The van der Waals surface area contributed by atoms with Gasteiger partial charge in [0.25, 0.3) is 0 Å². The number of rotatable bonds is 3. The first-order chi connectivity index (χ1) is 10.6. The second kappa shape index (κ2) is 7.47. The van der Waals surface area contributed by atoms with E-state index in [1.165, 1.54) is 5.56 Å². The SMILES string of the molecule is CCC(C)C(=O)Nc1ccc(C#Cc2ccc(C)cc2)cc1. The Bertz CT molecular complexity index is 687. The van der Waals surface area contributed by atoms with Crippen LogP contribution in [-0.2, 0) is 4.79 Å². The molecule has 1 atom stereocenters. The molecule has 0 fully saturated rings. The maximum Gasteiger partial charge on any atom is 0.227 e. The predicted molar refractivity (Wildman–Crippen MR) is 91.7 cm³/mol. The molecule has 1 amide bonds. The molecule has 1 unspecified atom stereocenters. The second-order valence-corrected chi connectivity index (χ2v) is 5.49. The third kappa shape index (κ3) is 4.49. The molecule has 0 radical (unpaired) electrons. The molecule has 2 rings (SSSR count). The fourth-order valence-electron chi connectivity index (χ4n) is 1.87. The summed E-state index contributed by atoms with van der Waals surface area (Å²) >= 11 is 0. The van der Waals surface area contributed by atoms with Crippen LogP contribution in [0.4, 0.5) is 5.69 Å². The van der Waals surface area contributed by atoms with Crippen molar-refractivity contribution in [2.45, 2.75) is 27.2 Å². The Balaban J connectivity index is 2.03. The Morgan fingerprint density at radius 1 is 1.00 bits per heavy atom. The van der Waals surface area contributed by atoms with E-state index < -0.39 is 0 Å². The lowest BCUT2D eigenvalue weighted by Crippen LogP contribution is -2.19. The molecule has 0 saturated carbocycles. The highest BCUT2D eigenvalue weighted by Crippen LogP contribution is 2.12. The van der Waals surface area contributed by atoms with E-state index in [1.807, 2.05) is 50.2 Å². The van der Waals surface area contributed by atoms with E-state index in [0.29, 0.717) is 0 Å². The normalized spacial score (nSPS) is 11.2. The van der Waals surface area contributed by atoms with Crippen molar-refractivity contribution < 1.29 is 4.79 Å². The Hall–Kier alpha value is -2.53. The predicted octanol–water partition coefficient (Wildman–Crippen LogP) is 4.38. The van der Waals surface area contributed by atoms with E-state index in [0.717, 1.165) is 23.2 Å². The first-order valence-corrected chi connectivity index (χ1v) is 7.58. The van der Waals surface area contributed by atoms with Crippen molar-refractivity contribution in [3.05, 3.63) is 65.2 Å². The van der Waals surface area contributed by atoms with Crippen LogP contribution >= 0.6 is 0 Å². The number of amides is 1. The number of benzene rings is 2. The average Bonchev–Trinajstić information content (AvgIpc) is 2.55. The van der Waals surface area contributed by atoms with Gasteiger partial charge in [-0.15, -0.1) is 0 Å². The van der Waals surface area contributed by atoms with Gasteiger partial charge in [0.2, 0.25) is 5.91 Å². The van der Waals surface area contributed by atoms with E-state index >= 15 is 0 Å². The summed E-state index contributed by atoms with van der Waals surface area (Å²) in [6, 6.07) is 15.8. The van der Waals surface area contributed by atoms with E-state index in [4.69, 9.17) is 0 Å². The van der Waals surface area contributed by atoms with Gasteiger partial charge >= 0.3 is 0 Å². The highest BCUT2D eigenvalue weighted by atomic mass is 16.1. The van der Waals surface area contributed by atoms with Crippen molar-refractivity contribution in [3.63, 3.8) is 0 Å². The van der Waals surface area contributed by atoms with Gasteiger partial charge < -0.3 is 5.32 Å². The monoisotopic (exact) mass is 291 g/mol. The molecule has 0 bridgehead atoms. The minimum absolute atomic E-state index is 0.0287. The number of carbonyl (C=O) groups is 1. The zero-order valence-corrected chi connectivity index (χ0v) is 13.3. The molecule has 2 aromatic carbocycles. The molecule has 2 aromatic rings. The zero-order valence-electron chi connectivity index (χ0n) is 13.3. The molecule has 0 spiro atoms. The molecule has 1 N–H and O–H groups in total. The molecule has 2 nitrogen and oxygen atoms in total. The Morgan fingerprint density at radius 3 is 2.00 bits per heavy atom. The lowest BCUT2D eigenvalue weighted by Gasteiger charge is -2.09. The largest absolute Gasteiger partial charge is 0.326 e. The second-order valence-electron chi connectivity index (χ2n) is 5.49. The van der Waals surface area contributed by atoms with Gasteiger partial charge in [0.1, 0.15) is 0 Å². The third-order valence-corrected chi connectivity index (χ3v) is 3.62. The number of nitrogens with one attached hydrogen (secondary N) is 1. The number of carbonyl (C=O) groups excluding carboxylic acids is 1. The molecule has 22 heavy (non-hydrogen) atoms. The van der Waals surface area contributed by atoms with Crippen LogP contribution in [0, 0.1) is 24.7 Å². The third-order valence-electron chi connectivity index (χ3n) is 3.62. The smallest absolute Gasteiger partial charge is 0.227 e. The van der Waals surface area contributed by atoms with Crippen LogP contribution in [-0.4, -0.2) is 5.91 Å². The van der Waals surface area contributed by atoms with E-state index in [-0.39, 0.29) is 11.8 Å². The van der Waals surface area contributed by atoms with Gasteiger partial charge in [0.15, 0.2) is 0 Å². The Labute approximate surface area is 132 Å². The summed E-state index contributed by atoms with van der Waals surface area (Å²) in [5.74, 6) is 6.36. The molecular formula is C20H21NO. The average molecular weight is 291 g/mol. The fraction of sp³-hybridized carbons (Fsp3) is 0.250. The number of hydrogen-bond acceptors (Lipinski definition) is 1. The van der Waals surface area contributed by atoms with Gasteiger partial charge in [-0.05, 0) is 49.7 Å². The summed E-state index contributed by atoms with van der Waals surface area (Å²) in [5.41, 5.74) is 3.97. The van der Waals surface area contributed by atoms with Crippen LogP contribution in [0.2, 0.25) is 0 Å². The minimum atomic E-state index is 0.0287. The van der Waals surface area contributed by atoms with Crippen molar-refractivity contribution in [1.29, 1.82) is 0 Å². The molecule has 0 aromatic heterocycles. The van der Waals surface area contributed by atoms with Crippen LogP contribution in [0.3, 0.4) is 0 Å². The summed E-state index contributed by atoms with van der Waals surface area (Å²) in [6.07, 6.45) is 0.839. The number of hydrogen-bond donors (Lipinski definition) is 1. The number of anilines is 1. The number of aryl methyl sites for hydroxylation is 1. The van der Waals surface area contributed by atoms with Gasteiger partial charge in [-0.1, -0.05) is 43.4 Å². The van der Waals surface area contributed by atoms with Crippen LogP contribution in [0.15, 0.2) is 48.5 Å². The molecule has 0 aliphatic carbocycles. The molecule has 0 saturated heterocycles. The van der Waals surface area contributed by atoms with Gasteiger partial charge in [-0.3, -0.25) is 4.79 Å². The van der Waals surface area contributed by atoms with Gasteiger partial charge in [0.05, 0.1) is 0 Å². The quantitative estimate of drug-likeness (QED) is 0.835. The van der Waals surface area contributed by atoms with Crippen molar-refractivity contribution >= 4 is 11.6 Å². The molecule has 112 valence electrons. The first kappa shape index (κ1) is 15.9. The zero-order chi connectivity index (χ0) is 15.9. The maximum absolute atomic E-state index is 11.8. The topological polar surface area (TPSA) is 29.1 Å². The van der Waals surface area contributed by atoms with Crippen molar-refractivity contribution in [3.8, 4) is 11.8 Å². The summed E-state index contributed by atoms with van der Waals surface area (Å²) in [7, 11) is 0. The van der Waals surface area contributed by atoms with E-state index in [1.54, 1.807) is 0 Å².